The SMILES string of the molecule is COc1ccc(-c2ncccc2/C=N/O)cc1. The fourth-order valence-corrected chi connectivity index (χ4v) is 1.57. The van der Waals surface area contributed by atoms with Crippen LogP contribution in [0.1, 0.15) is 5.56 Å². The van der Waals surface area contributed by atoms with Gasteiger partial charge < -0.3 is 9.94 Å². The fourth-order valence-electron chi connectivity index (χ4n) is 1.57. The molecule has 0 spiro atoms. The molecule has 1 heterocycles. The van der Waals surface area contributed by atoms with Crippen LogP contribution in [-0.2, 0) is 0 Å². The van der Waals surface area contributed by atoms with E-state index in [4.69, 9.17) is 9.94 Å². The van der Waals surface area contributed by atoms with Crippen molar-refractivity contribution in [3.8, 4) is 17.0 Å². The first-order chi connectivity index (χ1) is 8.35. The van der Waals surface area contributed by atoms with Crippen LogP contribution in [0, 0.1) is 0 Å². The van der Waals surface area contributed by atoms with E-state index < -0.39 is 0 Å². The molecule has 0 aliphatic heterocycles. The number of methoxy groups -OCH3 is 1. The van der Waals surface area contributed by atoms with Gasteiger partial charge in [-0.05, 0) is 36.4 Å². The standard InChI is InChI=1S/C13H12N2O2/c1-17-12-6-4-10(5-7-12)13-11(9-15-16)3-2-8-14-13/h2-9,16H,1H3/b15-9+. The lowest BCUT2D eigenvalue weighted by Gasteiger charge is -2.05. The van der Waals surface area contributed by atoms with Crippen LogP contribution < -0.4 is 4.74 Å². The third-order valence-electron chi connectivity index (χ3n) is 2.40. The summed E-state index contributed by atoms with van der Waals surface area (Å²) in [5.74, 6) is 0.794. The summed E-state index contributed by atoms with van der Waals surface area (Å²) >= 11 is 0. The molecule has 1 aromatic carbocycles. The van der Waals surface area contributed by atoms with Crippen molar-refractivity contribution in [3.63, 3.8) is 0 Å². The van der Waals surface area contributed by atoms with Crippen molar-refractivity contribution >= 4 is 6.21 Å². The predicted octanol–water partition coefficient (Wildman–Crippen LogP) is 2.57. The highest BCUT2D eigenvalue weighted by Crippen LogP contribution is 2.22. The van der Waals surface area contributed by atoms with Gasteiger partial charge in [0.15, 0.2) is 0 Å². The summed E-state index contributed by atoms with van der Waals surface area (Å²) in [5, 5.41) is 11.6. The first-order valence-electron chi connectivity index (χ1n) is 5.12. The van der Waals surface area contributed by atoms with E-state index in [1.807, 2.05) is 30.3 Å². The van der Waals surface area contributed by atoms with Crippen molar-refractivity contribution in [3.05, 3.63) is 48.2 Å². The Balaban J connectivity index is 2.44. The van der Waals surface area contributed by atoms with Gasteiger partial charge in [0.25, 0.3) is 0 Å². The first-order valence-corrected chi connectivity index (χ1v) is 5.12. The Hall–Kier alpha value is -2.36. The van der Waals surface area contributed by atoms with Gasteiger partial charge in [0.2, 0.25) is 0 Å². The average Bonchev–Trinajstić information content (AvgIpc) is 2.40. The molecule has 1 aromatic heterocycles. The summed E-state index contributed by atoms with van der Waals surface area (Å²) in [6, 6.07) is 11.2. The van der Waals surface area contributed by atoms with E-state index in [1.54, 1.807) is 19.4 Å². The van der Waals surface area contributed by atoms with Gasteiger partial charge >= 0.3 is 0 Å². The zero-order valence-corrected chi connectivity index (χ0v) is 9.37. The number of hydrogen-bond donors (Lipinski definition) is 1. The van der Waals surface area contributed by atoms with E-state index >= 15 is 0 Å². The summed E-state index contributed by atoms with van der Waals surface area (Å²) in [7, 11) is 1.62. The van der Waals surface area contributed by atoms with E-state index in [-0.39, 0.29) is 0 Å². The van der Waals surface area contributed by atoms with Gasteiger partial charge in [0.05, 0.1) is 19.0 Å². The number of oxime groups is 1. The largest absolute Gasteiger partial charge is 0.497 e. The molecule has 0 radical (unpaired) electrons. The number of ether oxygens (including phenoxy) is 1. The second-order valence-corrected chi connectivity index (χ2v) is 3.41. The van der Waals surface area contributed by atoms with E-state index in [1.165, 1.54) is 6.21 Å². The average molecular weight is 228 g/mol. The second kappa shape index (κ2) is 5.12. The molecule has 0 unspecified atom stereocenters. The van der Waals surface area contributed by atoms with Crippen LogP contribution in [0.25, 0.3) is 11.3 Å². The van der Waals surface area contributed by atoms with E-state index in [0.29, 0.717) is 0 Å². The number of nitrogens with zero attached hydrogens (tertiary/aromatic N) is 2. The molecule has 2 aromatic rings. The number of benzene rings is 1. The molecule has 0 atom stereocenters. The van der Waals surface area contributed by atoms with E-state index in [0.717, 1.165) is 22.6 Å². The second-order valence-electron chi connectivity index (χ2n) is 3.41. The Morgan fingerprint density at radius 3 is 2.65 bits per heavy atom. The van der Waals surface area contributed by atoms with Crippen LogP contribution >= 0.6 is 0 Å². The van der Waals surface area contributed by atoms with Crippen LogP contribution in [0.5, 0.6) is 5.75 Å². The maximum atomic E-state index is 8.59. The molecule has 1 N–H and O–H groups in total. The zero-order chi connectivity index (χ0) is 12.1. The van der Waals surface area contributed by atoms with Gasteiger partial charge in [-0.25, -0.2) is 0 Å². The van der Waals surface area contributed by atoms with E-state index in [2.05, 4.69) is 10.1 Å². The molecular weight excluding hydrogens is 216 g/mol. The third-order valence-corrected chi connectivity index (χ3v) is 2.40. The highest BCUT2D eigenvalue weighted by atomic mass is 16.5. The maximum absolute atomic E-state index is 8.59. The van der Waals surface area contributed by atoms with Crippen molar-refractivity contribution < 1.29 is 9.94 Å². The molecule has 4 nitrogen and oxygen atoms in total. The van der Waals surface area contributed by atoms with E-state index in [9.17, 15) is 0 Å². The molecule has 0 fully saturated rings. The zero-order valence-electron chi connectivity index (χ0n) is 9.37. The molecule has 0 aliphatic rings. The lowest BCUT2D eigenvalue weighted by Crippen LogP contribution is -1.91. The minimum absolute atomic E-state index is 0.764. The van der Waals surface area contributed by atoms with Gasteiger partial charge in [0.1, 0.15) is 5.75 Å². The maximum Gasteiger partial charge on any atom is 0.118 e. The first kappa shape index (κ1) is 11.1. The minimum atomic E-state index is 0.764. The topological polar surface area (TPSA) is 54.7 Å². The Bertz CT molecular complexity index is 521. The number of aromatic nitrogens is 1. The molecule has 17 heavy (non-hydrogen) atoms. The lowest BCUT2D eigenvalue weighted by molar-refractivity contribution is 0.322. The summed E-state index contributed by atoms with van der Waals surface area (Å²) < 4.78 is 5.10. The third kappa shape index (κ3) is 2.42. The molecule has 4 heteroatoms. The normalized spacial score (nSPS) is 10.6. The molecule has 0 amide bonds. The van der Waals surface area contributed by atoms with Crippen molar-refractivity contribution in [2.24, 2.45) is 5.16 Å². The Kier molecular flexibility index (Phi) is 3.35. The van der Waals surface area contributed by atoms with Gasteiger partial charge in [-0.15, -0.1) is 0 Å². The van der Waals surface area contributed by atoms with Crippen LogP contribution in [0.15, 0.2) is 47.8 Å². The molecule has 0 saturated heterocycles. The number of rotatable bonds is 3. The quantitative estimate of drug-likeness (QED) is 0.499. The monoisotopic (exact) mass is 228 g/mol. The minimum Gasteiger partial charge on any atom is -0.497 e. The van der Waals surface area contributed by atoms with Crippen molar-refractivity contribution in [1.29, 1.82) is 0 Å². The molecule has 2 rings (SSSR count). The van der Waals surface area contributed by atoms with Gasteiger partial charge in [-0.3, -0.25) is 4.98 Å². The van der Waals surface area contributed by atoms with Crippen molar-refractivity contribution in [2.75, 3.05) is 7.11 Å². The fraction of sp³-hybridized carbons (Fsp3) is 0.0769. The van der Waals surface area contributed by atoms with Crippen LogP contribution in [0.4, 0.5) is 0 Å². The Morgan fingerprint density at radius 1 is 1.24 bits per heavy atom. The highest BCUT2D eigenvalue weighted by molar-refractivity contribution is 5.88. The van der Waals surface area contributed by atoms with Gasteiger partial charge in [0, 0.05) is 17.3 Å². The summed E-state index contributed by atoms with van der Waals surface area (Å²) in [6.45, 7) is 0. The van der Waals surface area contributed by atoms with Crippen LogP contribution in [0.3, 0.4) is 0 Å². The smallest absolute Gasteiger partial charge is 0.118 e. The molecule has 86 valence electrons. The van der Waals surface area contributed by atoms with Crippen LogP contribution in [-0.4, -0.2) is 23.5 Å². The summed E-state index contributed by atoms with van der Waals surface area (Å²) in [6.07, 6.45) is 3.07. The van der Waals surface area contributed by atoms with Crippen molar-refractivity contribution in [2.45, 2.75) is 0 Å². The van der Waals surface area contributed by atoms with Crippen LogP contribution in [0.2, 0.25) is 0 Å². The molecular formula is C13H12N2O2. The Morgan fingerprint density at radius 2 is 2.00 bits per heavy atom. The molecule has 0 bridgehead atoms. The highest BCUT2D eigenvalue weighted by Gasteiger charge is 2.04. The summed E-state index contributed by atoms with van der Waals surface area (Å²) in [5.41, 5.74) is 2.48. The Labute approximate surface area is 99.2 Å². The summed E-state index contributed by atoms with van der Waals surface area (Å²) in [4.78, 5) is 4.28. The lowest BCUT2D eigenvalue weighted by atomic mass is 10.1. The molecule has 0 saturated carbocycles. The number of pyridine rings is 1. The van der Waals surface area contributed by atoms with Gasteiger partial charge in [-0.2, -0.15) is 0 Å². The molecule has 0 aliphatic carbocycles. The predicted molar refractivity (Wildman–Crippen MR) is 65.6 cm³/mol. The van der Waals surface area contributed by atoms with Gasteiger partial charge in [-0.1, -0.05) is 5.16 Å². The number of hydrogen-bond acceptors (Lipinski definition) is 4. The van der Waals surface area contributed by atoms with Crippen molar-refractivity contribution in [1.82, 2.24) is 4.98 Å².